The molecule has 2 aromatic heterocycles. The number of aryl methyl sites for hydroxylation is 1. The number of aromatic nitrogens is 3. The summed E-state index contributed by atoms with van der Waals surface area (Å²) in [7, 11) is -1.67. The van der Waals surface area contributed by atoms with Gasteiger partial charge in [-0.1, -0.05) is 24.3 Å². The second kappa shape index (κ2) is 9.21. The fourth-order valence-corrected chi connectivity index (χ4v) is 5.05. The Balaban J connectivity index is 1.80. The van der Waals surface area contributed by atoms with Gasteiger partial charge in [-0.05, 0) is 31.9 Å². The molecule has 1 aliphatic heterocycles. The summed E-state index contributed by atoms with van der Waals surface area (Å²) in [5.41, 5.74) is 1.10. The molecule has 0 saturated heterocycles. The van der Waals surface area contributed by atoms with Gasteiger partial charge in [0.05, 0.1) is 41.3 Å². The molecule has 0 saturated carbocycles. The van der Waals surface area contributed by atoms with Crippen molar-refractivity contribution in [3.8, 4) is 5.88 Å². The zero-order valence-corrected chi connectivity index (χ0v) is 19.6. The average Bonchev–Trinajstić information content (AvgIpc) is 2.78. The number of halogens is 3. The lowest BCUT2D eigenvalue weighted by Gasteiger charge is -2.20. The minimum absolute atomic E-state index is 0.0210. The van der Waals surface area contributed by atoms with Gasteiger partial charge in [-0.25, -0.2) is 36.5 Å². The van der Waals surface area contributed by atoms with E-state index in [1.54, 1.807) is 26.0 Å². The topological polar surface area (TPSA) is 94.1 Å². The first-order valence-electron chi connectivity index (χ1n) is 10.6. The van der Waals surface area contributed by atoms with Crippen molar-refractivity contribution in [1.82, 2.24) is 15.0 Å². The van der Waals surface area contributed by atoms with Gasteiger partial charge in [0.2, 0.25) is 5.88 Å². The number of benzene rings is 1. The van der Waals surface area contributed by atoms with Gasteiger partial charge in [0.15, 0.2) is 9.84 Å². The number of ether oxygens (including phenoxy) is 1. The van der Waals surface area contributed by atoms with E-state index in [0.717, 1.165) is 11.6 Å². The van der Waals surface area contributed by atoms with Crippen molar-refractivity contribution in [3.63, 3.8) is 0 Å². The van der Waals surface area contributed by atoms with Gasteiger partial charge in [0, 0.05) is 5.56 Å². The summed E-state index contributed by atoms with van der Waals surface area (Å²) in [6.45, 7) is 3.32. The molecule has 0 amide bonds. The van der Waals surface area contributed by atoms with E-state index in [-0.39, 0.29) is 22.9 Å². The number of sulfone groups is 1. The molecule has 1 N–H and O–H groups in total. The smallest absolute Gasteiger partial charge is 0.266 e. The van der Waals surface area contributed by atoms with Crippen LogP contribution in [0.3, 0.4) is 0 Å². The molecule has 4 rings (SSSR count). The van der Waals surface area contributed by atoms with Crippen LogP contribution in [0, 0.1) is 12.7 Å². The third-order valence-electron chi connectivity index (χ3n) is 5.66. The molecule has 1 atom stereocenters. The third-order valence-corrected chi connectivity index (χ3v) is 7.17. The Morgan fingerprint density at radius 3 is 2.53 bits per heavy atom. The number of hydrogen-bond acceptors (Lipinski definition) is 7. The molecule has 3 heterocycles. The van der Waals surface area contributed by atoms with E-state index in [0.29, 0.717) is 34.7 Å². The Morgan fingerprint density at radius 1 is 1.15 bits per heavy atom. The van der Waals surface area contributed by atoms with Crippen molar-refractivity contribution in [2.45, 2.75) is 32.7 Å². The first-order valence-corrected chi connectivity index (χ1v) is 12.4. The van der Waals surface area contributed by atoms with Crippen molar-refractivity contribution < 1.29 is 26.3 Å². The van der Waals surface area contributed by atoms with E-state index in [9.17, 15) is 21.6 Å². The summed E-state index contributed by atoms with van der Waals surface area (Å²) in [6.07, 6.45) is -0.996. The molecule has 34 heavy (non-hydrogen) atoms. The largest absolute Gasteiger partial charge is 0.479 e. The fraction of sp³-hybridized carbons (Fsp3) is 0.348. The standard InChI is InChI=1S/C23H23F3N4O3S/c1-12(15-5-4-6-16(19(15)24)21(25)26)27-22-17-11-18(14-7-9-34(31,32)10-8-14)30-23(33-3)20(17)28-13(2)29-22/h4-7,11-12,21H,8-10H2,1-3H3,(H,27,28,29). The van der Waals surface area contributed by atoms with E-state index in [1.807, 2.05) is 0 Å². The second-order valence-corrected chi connectivity index (χ2v) is 10.3. The number of nitrogens with one attached hydrogen (secondary N) is 1. The maximum atomic E-state index is 14.7. The molecule has 1 aliphatic rings. The van der Waals surface area contributed by atoms with Crippen molar-refractivity contribution in [3.05, 3.63) is 58.8 Å². The van der Waals surface area contributed by atoms with Gasteiger partial charge < -0.3 is 10.1 Å². The Hall–Kier alpha value is -3.21. The summed E-state index contributed by atoms with van der Waals surface area (Å²) < 4.78 is 70.1. The van der Waals surface area contributed by atoms with E-state index < -0.39 is 33.7 Å². The van der Waals surface area contributed by atoms with Crippen molar-refractivity contribution in [2.24, 2.45) is 0 Å². The number of anilines is 1. The van der Waals surface area contributed by atoms with Crippen LogP contribution in [0.4, 0.5) is 19.0 Å². The van der Waals surface area contributed by atoms with Crippen LogP contribution in [0.5, 0.6) is 5.88 Å². The van der Waals surface area contributed by atoms with Gasteiger partial charge in [-0.3, -0.25) is 0 Å². The highest BCUT2D eigenvalue weighted by molar-refractivity contribution is 7.91. The highest BCUT2D eigenvalue weighted by Crippen LogP contribution is 2.34. The number of hydrogen-bond donors (Lipinski definition) is 1. The predicted octanol–water partition coefficient (Wildman–Crippen LogP) is 4.79. The van der Waals surface area contributed by atoms with E-state index >= 15 is 0 Å². The first kappa shape index (κ1) is 23.9. The minimum atomic E-state index is -3.12. The summed E-state index contributed by atoms with van der Waals surface area (Å²) in [4.78, 5) is 13.4. The van der Waals surface area contributed by atoms with Crippen molar-refractivity contribution in [2.75, 3.05) is 23.9 Å². The fourth-order valence-electron chi connectivity index (χ4n) is 3.89. The van der Waals surface area contributed by atoms with E-state index in [4.69, 9.17) is 4.74 Å². The van der Waals surface area contributed by atoms with Crippen LogP contribution in [0.15, 0.2) is 30.3 Å². The highest BCUT2D eigenvalue weighted by atomic mass is 32.2. The monoisotopic (exact) mass is 492 g/mol. The molecule has 0 radical (unpaired) electrons. The van der Waals surface area contributed by atoms with Gasteiger partial charge in [0.1, 0.15) is 23.0 Å². The molecule has 7 nitrogen and oxygen atoms in total. The Kier molecular flexibility index (Phi) is 6.48. The van der Waals surface area contributed by atoms with Crippen molar-refractivity contribution >= 4 is 32.1 Å². The maximum Gasteiger partial charge on any atom is 0.266 e. The lowest BCUT2D eigenvalue weighted by molar-refractivity contribution is 0.146. The van der Waals surface area contributed by atoms with Crippen LogP contribution >= 0.6 is 0 Å². The summed E-state index contributed by atoms with van der Waals surface area (Å²) in [6, 6.07) is 4.91. The van der Waals surface area contributed by atoms with E-state index in [1.165, 1.54) is 19.2 Å². The van der Waals surface area contributed by atoms with Gasteiger partial charge in [-0.15, -0.1) is 0 Å². The number of allylic oxidation sites excluding steroid dienone is 1. The maximum absolute atomic E-state index is 14.7. The van der Waals surface area contributed by atoms with Crippen LogP contribution < -0.4 is 10.1 Å². The zero-order chi connectivity index (χ0) is 24.6. The van der Waals surface area contributed by atoms with Gasteiger partial charge in [-0.2, -0.15) is 0 Å². The summed E-state index contributed by atoms with van der Waals surface area (Å²) in [5.74, 6) is -0.0400. The number of rotatable bonds is 6. The van der Waals surface area contributed by atoms with Crippen LogP contribution in [0.1, 0.15) is 48.5 Å². The lowest BCUT2D eigenvalue weighted by atomic mass is 10.0. The van der Waals surface area contributed by atoms with Crippen LogP contribution in [-0.2, 0) is 9.84 Å². The average molecular weight is 493 g/mol. The van der Waals surface area contributed by atoms with Crippen LogP contribution in [0.25, 0.3) is 16.5 Å². The van der Waals surface area contributed by atoms with Crippen LogP contribution in [-0.4, -0.2) is 42.0 Å². The molecule has 11 heteroatoms. The molecule has 1 unspecified atom stereocenters. The minimum Gasteiger partial charge on any atom is -0.479 e. The molecule has 0 aliphatic carbocycles. The zero-order valence-electron chi connectivity index (χ0n) is 18.8. The molecular formula is C23H23F3N4O3S. The number of methoxy groups -OCH3 is 1. The Morgan fingerprint density at radius 2 is 1.88 bits per heavy atom. The highest BCUT2D eigenvalue weighted by Gasteiger charge is 2.23. The lowest BCUT2D eigenvalue weighted by Crippen LogP contribution is -2.16. The van der Waals surface area contributed by atoms with E-state index in [2.05, 4.69) is 20.3 Å². The molecule has 0 spiro atoms. The first-order chi connectivity index (χ1) is 16.1. The normalized spacial score (nSPS) is 16.4. The van der Waals surface area contributed by atoms with Gasteiger partial charge >= 0.3 is 0 Å². The Labute approximate surface area is 195 Å². The third kappa shape index (κ3) is 4.70. The van der Waals surface area contributed by atoms with Crippen LogP contribution in [0.2, 0.25) is 0 Å². The Bertz CT molecular complexity index is 1390. The molecular weight excluding hydrogens is 469 g/mol. The number of nitrogens with zero attached hydrogens (tertiary/aromatic N) is 3. The quantitative estimate of drug-likeness (QED) is 0.529. The molecule has 180 valence electrons. The summed E-state index contributed by atoms with van der Waals surface area (Å²) in [5, 5.41) is 3.64. The number of alkyl halides is 2. The van der Waals surface area contributed by atoms with Crippen molar-refractivity contribution in [1.29, 1.82) is 0 Å². The molecule has 1 aromatic carbocycles. The molecule has 0 fully saturated rings. The van der Waals surface area contributed by atoms with Gasteiger partial charge in [0.25, 0.3) is 6.43 Å². The number of fused-ring (bicyclic) bond motifs is 1. The predicted molar refractivity (Wildman–Crippen MR) is 123 cm³/mol. The molecule has 3 aromatic rings. The number of pyridine rings is 1. The molecule has 0 bridgehead atoms. The second-order valence-electron chi connectivity index (χ2n) is 8.04. The SMILES string of the molecule is COc1nc(C2=CCS(=O)(=O)CC2)cc2c(NC(C)c3cccc(C(F)F)c3F)nc(C)nc12. The summed E-state index contributed by atoms with van der Waals surface area (Å²) >= 11 is 0.